The fourth-order valence-corrected chi connectivity index (χ4v) is 84.9. The summed E-state index contributed by atoms with van der Waals surface area (Å²) in [4.78, 5) is 44.8. The van der Waals surface area contributed by atoms with Crippen molar-refractivity contribution in [2.24, 2.45) is 0 Å². The summed E-state index contributed by atoms with van der Waals surface area (Å²) < 4.78 is 0.0668. The summed E-state index contributed by atoms with van der Waals surface area (Å²) in [5, 5.41) is 0. The van der Waals surface area contributed by atoms with Gasteiger partial charge in [0.05, 0.1) is 14.8 Å². The highest BCUT2D eigenvalue weighted by Crippen LogP contribution is 2.61. The predicted molar refractivity (Wildman–Crippen MR) is 253 cm³/mol. The van der Waals surface area contributed by atoms with Gasteiger partial charge >= 0.3 is 0 Å². The largest absolute Gasteiger partial charge is 0.431 e. The van der Waals surface area contributed by atoms with E-state index in [2.05, 4.69) is 156 Å². The Morgan fingerprint density at radius 2 is 0.596 bits per heavy atom. The second kappa shape index (κ2) is 17.7. The summed E-state index contributed by atoms with van der Waals surface area (Å²) in [5.41, 5.74) is 0. The molecule has 4 nitrogen and oxygen atoms in total. The van der Waals surface area contributed by atoms with Crippen LogP contribution in [0.3, 0.4) is 0 Å². The first-order valence-electron chi connectivity index (χ1n) is 17.6. The second-order valence-electron chi connectivity index (χ2n) is 19.2. The quantitative estimate of drug-likeness (QED) is 0.0493. The molecule has 0 radical (unpaired) electrons. The van der Waals surface area contributed by atoms with Crippen LogP contribution in [-0.4, -0.2) is 104 Å². The maximum atomic E-state index is 11.2. The van der Waals surface area contributed by atoms with E-state index in [0.29, 0.717) is 0 Å². The molecule has 0 spiro atoms. The number of hydrogen-bond donors (Lipinski definition) is 4. The topological polar surface area (TPSA) is 80.9 Å². The molecule has 0 aliphatic heterocycles. The normalized spacial score (nSPS) is 18.9. The lowest BCUT2D eigenvalue weighted by atomic mass is 10.5. The molecule has 0 aromatic rings. The Morgan fingerprint density at radius 3 is 0.766 bits per heavy atom. The van der Waals surface area contributed by atoms with Crippen LogP contribution in [0.2, 0.25) is 90.7 Å². The van der Waals surface area contributed by atoms with Crippen LogP contribution in [0.15, 0.2) is 0 Å². The van der Waals surface area contributed by atoms with Crippen LogP contribution in [0.5, 0.6) is 0 Å². The van der Waals surface area contributed by atoms with Gasteiger partial charge in [-0.1, -0.05) is 81.6 Å². The molecule has 0 rings (SSSR count). The molecule has 0 bridgehead atoms. The summed E-state index contributed by atoms with van der Waals surface area (Å²) in [5.74, 6) is 2.46. The zero-order valence-electron chi connectivity index (χ0n) is 34.3. The van der Waals surface area contributed by atoms with E-state index in [4.69, 9.17) is 0 Å². The summed E-state index contributed by atoms with van der Waals surface area (Å²) >= 11 is 4.52. The van der Waals surface area contributed by atoms with Gasteiger partial charge in [-0.3, -0.25) is 0 Å². The Kier molecular flexibility index (Phi) is 19.1. The van der Waals surface area contributed by atoms with E-state index in [-0.39, 0.29) is 19.1 Å². The van der Waals surface area contributed by atoms with Crippen molar-refractivity contribution in [1.29, 1.82) is 0 Å². The predicted octanol–water partition coefficient (Wildman–Crippen LogP) is 10.9. The molecule has 0 saturated heterocycles. The fraction of sp³-hybridized carbons (Fsp3) is 1.00. The van der Waals surface area contributed by atoms with Crippen molar-refractivity contribution in [3.63, 3.8) is 0 Å². The standard InChI is InChI=1S/C30H80O4P4S2Si7/c1-27(2,41(9,10)31)35-46(19,36-28(3,4)42(11,12)32)25-21-23-39-45(17,18)40-24-22-26-47(20,37-29(5,6)43(13,14)33)38-30(7,8)44(15,16)34/h31-38H,21-26H2,1-20H3. The second-order valence-corrected chi connectivity index (χ2v) is 83.1. The van der Waals surface area contributed by atoms with E-state index in [1.54, 1.807) is 0 Å². The molecule has 0 saturated carbocycles. The molecule has 0 aliphatic carbocycles. The van der Waals surface area contributed by atoms with Gasteiger partial charge in [-0.25, -0.2) is 0 Å². The van der Waals surface area contributed by atoms with Crippen LogP contribution in [0.25, 0.3) is 0 Å². The Labute approximate surface area is 315 Å². The van der Waals surface area contributed by atoms with Gasteiger partial charge in [0.2, 0.25) is 0 Å². The van der Waals surface area contributed by atoms with E-state index in [1.807, 2.05) is 0 Å². The highest BCUT2D eigenvalue weighted by molar-refractivity contribution is 8.58. The minimum absolute atomic E-state index is 0.0167. The molecule has 0 aromatic heterocycles. The zero-order chi connectivity index (χ0) is 38.0. The molecule has 0 aliphatic rings. The van der Waals surface area contributed by atoms with Gasteiger partial charge in [-0.2, -0.15) is 22.4 Å². The first kappa shape index (κ1) is 50.8. The summed E-state index contributed by atoms with van der Waals surface area (Å²) in [6.07, 6.45) is 1.06. The van der Waals surface area contributed by atoms with Crippen molar-refractivity contribution in [3.8, 4) is 0 Å². The molecule has 47 heavy (non-hydrogen) atoms. The molecule has 0 amide bonds. The fourth-order valence-electron chi connectivity index (χ4n) is 5.21. The third-order valence-electron chi connectivity index (χ3n) is 11.0. The molecular weight excluding hydrogens is 809 g/mol. The number of rotatable bonds is 22. The molecule has 0 fully saturated rings. The van der Waals surface area contributed by atoms with Gasteiger partial charge < -0.3 is 19.2 Å². The van der Waals surface area contributed by atoms with Gasteiger partial charge in [0.15, 0.2) is 39.6 Å². The highest BCUT2D eigenvalue weighted by Gasteiger charge is 2.50. The number of hydrogen-bond acceptors (Lipinski definition) is 6. The highest BCUT2D eigenvalue weighted by atomic mass is 32.6. The van der Waals surface area contributed by atoms with Crippen LogP contribution in [0.1, 0.15) is 68.2 Å². The van der Waals surface area contributed by atoms with Crippen molar-refractivity contribution in [2.75, 3.05) is 11.5 Å². The summed E-state index contributed by atoms with van der Waals surface area (Å²) in [6, 6.07) is 2.61. The maximum absolute atomic E-state index is 11.2. The third-order valence-corrected chi connectivity index (χ3v) is 74.0. The van der Waals surface area contributed by atoms with Crippen molar-refractivity contribution < 1.29 is 19.2 Å². The van der Waals surface area contributed by atoms with Crippen LogP contribution in [-0.2, 0) is 0 Å². The monoisotopic (exact) mass is 888 g/mol. The molecule has 284 valence electrons. The van der Waals surface area contributed by atoms with Gasteiger partial charge in [-0.15, -0.1) is 32.5 Å². The third kappa shape index (κ3) is 17.0. The van der Waals surface area contributed by atoms with Crippen molar-refractivity contribution in [3.05, 3.63) is 0 Å². The molecule has 0 aromatic carbocycles. The van der Waals surface area contributed by atoms with Crippen molar-refractivity contribution in [2.45, 2.75) is 178 Å². The molecular formula is C30H80O4P4S2Si7. The van der Waals surface area contributed by atoms with Crippen LogP contribution in [0, 0.1) is 0 Å². The lowest BCUT2D eigenvalue weighted by molar-refractivity contribution is 0.524. The Balaban J connectivity index is 5.53. The van der Waals surface area contributed by atoms with Gasteiger partial charge in [0.25, 0.3) is 0 Å². The van der Waals surface area contributed by atoms with E-state index in [0.717, 1.165) is 32.5 Å². The van der Waals surface area contributed by atoms with Crippen molar-refractivity contribution in [1.82, 2.24) is 0 Å². The Hall–Kier alpha value is 3.78. The molecule has 17 heteroatoms. The smallest absolute Gasteiger partial charge is 0.191 e. The summed E-state index contributed by atoms with van der Waals surface area (Å²) in [6.45, 7) is 45.8. The first-order chi connectivity index (χ1) is 20.2. The molecule has 4 N–H and O–H groups in total. The minimum Gasteiger partial charge on any atom is -0.431 e. The van der Waals surface area contributed by atoms with E-state index < -0.39 is 54.5 Å². The summed E-state index contributed by atoms with van der Waals surface area (Å²) in [7, 11) is -9.19. The Bertz CT molecular complexity index is 863. The molecule has 4 atom stereocenters. The zero-order valence-corrected chi connectivity index (χ0v) is 47.0. The van der Waals surface area contributed by atoms with E-state index in [9.17, 15) is 19.2 Å². The minimum atomic E-state index is -2.29. The van der Waals surface area contributed by atoms with E-state index in [1.165, 1.54) is 36.4 Å². The van der Waals surface area contributed by atoms with Gasteiger partial charge in [0, 0.05) is 0 Å². The van der Waals surface area contributed by atoms with Crippen LogP contribution in [0.4, 0.5) is 0 Å². The SMILES string of the molecule is CC(C)(P[Si](C)(CCCS[Si](C)(C)SCCC[Si](C)(PC(C)(C)[Si](C)(C)O)PC(C)(C)[Si](C)(C)O)PC(C)(C)[Si](C)(C)O)[Si](C)(C)O. The van der Waals surface area contributed by atoms with Crippen LogP contribution >= 0.6 is 54.9 Å². The lowest BCUT2D eigenvalue weighted by Gasteiger charge is -2.47. The maximum Gasteiger partial charge on any atom is 0.191 e. The van der Waals surface area contributed by atoms with Gasteiger partial charge in [0.1, 0.15) is 0 Å². The lowest BCUT2D eigenvalue weighted by Crippen LogP contribution is -2.52. The molecule has 4 unspecified atom stereocenters. The average molecular weight is 890 g/mol. The van der Waals surface area contributed by atoms with E-state index >= 15 is 0 Å². The molecule has 0 heterocycles. The first-order valence-corrected chi connectivity index (χ1v) is 49.2. The Morgan fingerprint density at radius 1 is 0.404 bits per heavy atom. The van der Waals surface area contributed by atoms with Gasteiger partial charge in [-0.05, 0) is 108 Å². The average Bonchev–Trinajstić information content (AvgIpc) is 2.75. The van der Waals surface area contributed by atoms with Crippen molar-refractivity contribution >= 4 is 109 Å². The van der Waals surface area contributed by atoms with Crippen LogP contribution < -0.4 is 0 Å².